The van der Waals surface area contributed by atoms with Crippen molar-refractivity contribution in [2.24, 2.45) is 11.8 Å². The Hall–Kier alpha value is -1.32. The first kappa shape index (κ1) is 15.1. The van der Waals surface area contributed by atoms with Crippen LogP contribution in [-0.2, 0) is 9.59 Å². The molecular formula is C16H25NO3. The van der Waals surface area contributed by atoms with Gasteiger partial charge in [-0.1, -0.05) is 30.4 Å². The molecule has 0 bridgehead atoms. The number of hydrogen-bond acceptors (Lipinski definition) is 2. The monoisotopic (exact) mass is 279 g/mol. The minimum Gasteiger partial charge on any atom is -0.481 e. The summed E-state index contributed by atoms with van der Waals surface area (Å²) < 4.78 is 0. The lowest BCUT2D eigenvalue weighted by atomic mass is 9.76. The summed E-state index contributed by atoms with van der Waals surface area (Å²) in [7, 11) is 0. The first-order chi connectivity index (χ1) is 9.49. The third kappa shape index (κ3) is 3.41. The van der Waals surface area contributed by atoms with E-state index >= 15 is 0 Å². The molecule has 0 aliphatic heterocycles. The number of hydrogen-bond donors (Lipinski definition) is 2. The van der Waals surface area contributed by atoms with E-state index in [1.54, 1.807) is 0 Å². The Morgan fingerprint density at radius 3 is 2.10 bits per heavy atom. The number of nitrogens with one attached hydrogen (secondary N) is 1. The molecule has 2 aliphatic rings. The van der Waals surface area contributed by atoms with Crippen molar-refractivity contribution < 1.29 is 14.7 Å². The van der Waals surface area contributed by atoms with Gasteiger partial charge in [0.05, 0.1) is 11.8 Å². The van der Waals surface area contributed by atoms with Gasteiger partial charge >= 0.3 is 5.97 Å². The van der Waals surface area contributed by atoms with Crippen LogP contribution in [0.25, 0.3) is 0 Å². The van der Waals surface area contributed by atoms with Crippen LogP contribution >= 0.6 is 0 Å². The molecule has 0 heterocycles. The topological polar surface area (TPSA) is 66.4 Å². The molecule has 0 radical (unpaired) electrons. The normalized spacial score (nSPS) is 28.3. The predicted molar refractivity (Wildman–Crippen MR) is 77.2 cm³/mol. The van der Waals surface area contributed by atoms with Gasteiger partial charge in [-0.3, -0.25) is 9.59 Å². The molecule has 2 atom stereocenters. The van der Waals surface area contributed by atoms with E-state index in [2.05, 4.69) is 5.32 Å². The van der Waals surface area contributed by atoms with Crippen molar-refractivity contribution in [3.63, 3.8) is 0 Å². The van der Waals surface area contributed by atoms with E-state index in [1.165, 1.54) is 12.0 Å². The van der Waals surface area contributed by atoms with Crippen LogP contribution in [0.1, 0.15) is 58.8 Å². The molecule has 0 aromatic rings. The summed E-state index contributed by atoms with van der Waals surface area (Å²) in [5, 5.41) is 12.4. The van der Waals surface area contributed by atoms with Gasteiger partial charge < -0.3 is 10.4 Å². The summed E-state index contributed by atoms with van der Waals surface area (Å²) in [4.78, 5) is 23.8. The van der Waals surface area contributed by atoms with E-state index in [9.17, 15) is 14.7 Å². The maximum atomic E-state index is 12.4. The zero-order valence-electron chi connectivity index (χ0n) is 12.4. The molecule has 2 N–H and O–H groups in total. The van der Waals surface area contributed by atoms with Gasteiger partial charge in [-0.2, -0.15) is 0 Å². The van der Waals surface area contributed by atoms with Crippen LogP contribution in [0.4, 0.5) is 0 Å². The van der Waals surface area contributed by atoms with Gasteiger partial charge in [0, 0.05) is 6.04 Å². The van der Waals surface area contributed by atoms with Crippen LogP contribution in [0.5, 0.6) is 0 Å². The second-order valence-corrected chi connectivity index (χ2v) is 6.36. The second-order valence-electron chi connectivity index (χ2n) is 6.36. The van der Waals surface area contributed by atoms with Gasteiger partial charge in [0.25, 0.3) is 0 Å². The molecule has 0 spiro atoms. The molecule has 0 unspecified atom stereocenters. The molecule has 1 saturated carbocycles. The van der Waals surface area contributed by atoms with Crippen LogP contribution in [0, 0.1) is 11.8 Å². The number of carbonyl (C=O) groups is 2. The second kappa shape index (κ2) is 6.42. The molecule has 1 fully saturated rings. The molecule has 4 nitrogen and oxygen atoms in total. The minimum atomic E-state index is -0.847. The Kier molecular flexibility index (Phi) is 4.84. The first-order valence-electron chi connectivity index (χ1n) is 7.67. The summed E-state index contributed by atoms with van der Waals surface area (Å²) in [6.07, 6.45) is 6.72. The van der Waals surface area contributed by atoms with Gasteiger partial charge in [0.1, 0.15) is 0 Å². The zero-order chi connectivity index (χ0) is 14.7. The molecule has 4 heteroatoms. The molecule has 0 aromatic heterocycles. The number of allylic oxidation sites excluding steroid dienone is 2. The average Bonchev–Trinajstić information content (AvgIpc) is 2.42. The summed E-state index contributed by atoms with van der Waals surface area (Å²) in [6.45, 7) is 3.98. The third-order valence-corrected chi connectivity index (χ3v) is 4.87. The van der Waals surface area contributed by atoms with Crippen molar-refractivity contribution in [2.45, 2.75) is 64.8 Å². The Morgan fingerprint density at radius 1 is 1.00 bits per heavy atom. The number of amides is 1. The lowest BCUT2D eigenvalue weighted by Crippen LogP contribution is -2.44. The highest BCUT2D eigenvalue weighted by atomic mass is 16.4. The van der Waals surface area contributed by atoms with Gasteiger partial charge in [0.15, 0.2) is 0 Å². The highest BCUT2D eigenvalue weighted by Crippen LogP contribution is 2.34. The molecule has 20 heavy (non-hydrogen) atoms. The molecular weight excluding hydrogens is 254 g/mol. The van der Waals surface area contributed by atoms with Crippen molar-refractivity contribution >= 4 is 11.9 Å². The lowest BCUT2D eigenvalue weighted by molar-refractivity contribution is -0.147. The average molecular weight is 279 g/mol. The van der Waals surface area contributed by atoms with Crippen molar-refractivity contribution in [1.82, 2.24) is 5.32 Å². The van der Waals surface area contributed by atoms with E-state index in [-0.39, 0.29) is 11.9 Å². The fourth-order valence-corrected chi connectivity index (χ4v) is 3.38. The Balaban J connectivity index is 2.04. The molecule has 0 saturated heterocycles. The maximum Gasteiger partial charge on any atom is 0.307 e. The summed E-state index contributed by atoms with van der Waals surface area (Å²) >= 11 is 0. The lowest BCUT2D eigenvalue weighted by Gasteiger charge is -2.31. The highest BCUT2D eigenvalue weighted by molar-refractivity contribution is 5.85. The Bertz CT molecular complexity index is 421. The van der Waals surface area contributed by atoms with Crippen molar-refractivity contribution in [3.05, 3.63) is 11.1 Å². The Labute approximate surface area is 120 Å². The van der Waals surface area contributed by atoms with Gasteiger partial charge in [-0.25, -0.2) is 0 Å². The van der Waals surface area contributed by atoms with E-state index in [1.807, 2.05) is 13.8 Å². The largest absolute Gasteiger partial charge is 0.481 e. The third-order valence-electron chi connectivity index (χ3n) is 4.87. The molecule has 2 aliphatic carbocycles. The predicted octanol–water partition coefficient (Wildman–Crippen LogP) is 2.88. The fourth-order valence-electron chi connectivity index (χ4n) is 3.38. The quantitative estimate of drug-likeness (QED) is 0.781. The number of rotatable bonds is 3. The van der Waals surface area contributed by atoms with Gasteiger partial charge in [-0.05, 0) is 39.5 Å². The summed E-state index contributed by atoms with van der Waals surface area (Å²) in [5.41, 5.74) is 2.30. The first-order valence-corrected chi connectivity index (χ1v) is 7.67. The number of carboxylic acids is 1. The van der Waals surface area contributed by atoms with Crippen molar-refractivity contribution in [3.8, 4) is 0 Å². The number of aliphatic carboxylic acids is 1. The van der Waals surface area contributed by atoms with Crippen LogP contribution in [0.2, 0.25) is 0 Å². The summed E-state index contributed by atoms with van der Waals surface area (Å²) in [6, 6.07) is 0.248. The summed E-state index contributed by atoms with van der Waals surface area (Å²) in [5.74, 6) is -1.88. The molecule has 1 amide bonds. The SMILES string of the molecule is CC1=C(C)C[C@@H](C(=O)O)[C@@H](C(=O)NC2CCCCC2)C1. The van der Waals surface area contributed by atoms with E-state index in [4.69, 9.17) is 0 Å². The van der Waals surface area contributed by atoms with Crippen molar-refractivity contribution in [1.29, 1.82) is 0 Å². The van der Waals surface area contributed by atoms with Gasteiger partial charge in [0.2, 0.25) is 5.91 Å². The fraction of sp³-hybridized carbons (Fsp3) is 0.750. The zero-order valence-corrected chi connectivity index (χ0v) is 12.4. The number of carboxylic acid groups (broad SMARTS) is 1. The Morgan fingerprint density at radius 2 is 1.55 bits per heavy atom. The minimum absolute atomic E-state index is 0.0591. The maximum absolute atomic E-state index is 12.4. The standard InChI is InChI=1S/C16H25NO3/c1-10-8-13(14(16(19)20)9-11(10)2)15(18)17-12-6-4-3-5-7-12/h12-14H,3-9H2,1-2H3,(H,17,18)(H,19,20)/t13-,14+/m0/s1. The van der Waals surface area contributed by atoms with Crippen LogP contribution < -0.4 is 5.32 Å². The van der Waals surface area contributed by atoms with E-state index < -0.39 is 17.8 Å². The molecule has 112 valence electrons. The van der Waals surface area contributed by atoms with E-state index in [0.717, 1.165) is 31.3 Å². The number of carbonyl (C=O) groups excluding carboxylic acids is 1. The van der Waals surface area contributed by atoms with Crippen molar-refractivity contribution in [2.75, 3.05) is 0 Å². The van der Waals surface area contributed by atoms with Gasteiger partial charge in [-0.15, -0.1) is 0 Å². The molecule has 2 rings (SSSR count). The van der Waals surface area contributed by atoms with Crippen LogP contribution in [-0.4, -0.2) is 23.0 Å². The molecule has 0 aromatic carbocycles. The highest BCUT2D eigenvalue weighted by Gasteiger charge is 2.37. The van der Waals surface area contributed by atoms with Crippen LogP contribution in [0.3, 0.4) is 0 Å². The van der Waals surface area contributed by atoms with E-state index in [0.29, 0.717) is 12.8 Å². The smallest absolute Gasteiger partial charge is 0.307 e. The van der Waals surface area contributed by atoms with Crippen LogP contribution in [0.15, 0.2) is 11.1 Å².